The number of hydrogen-bond donors (Lipinski definition) is 1. The van der Waals surface area contributed by atoms with Crippen LogP contribution in [0.4, 0.5) is 0 Å². The Kier molecular flexibility index (Phi) is 5.43. The normalized spacial score (nSPS) is 19.4. The van der Waals surface area contributed by atoms with Crippen molar-refractivity contribution in [3.05, 3.63) is 34.4 Å². The Morgan fingerprint density at radius 1 is 1.50 bits per heavy atom. The van der Waals surface area contributed by atoms with Crippen molar-refractivity contribution in [2.24, 2.45) is 0 Å². The molecule has 1 N–H and O–H groups in total. The van der Waals surface area contributed by atoms with Crippen LogP contribution in [0.3, 0.4) is 0 Å². The molecule has 0 unspecified atom stereocenters. The Balaban J connectivity index is 1.90. The van der Waals surface area contributed by atoms with Gasteiger partial charge in [0.15, 0.2) is 5.69 Å². The van der Waals surface area contributed by atoms with Crippen LogP contribution in [0, 0.1) is 6.92 Å². The highest BCUT2D eigenvalue weighted by Crippen LogP contribution is 2.32. The van der Waals surface area contributed by atoms with Crippen LogP contribution in [0.15, 0.2) is 6.20 Å². The number of amides is 1. The molecule has 0 spiro atoms. The van der Waals surface area contributed by atoms with E-state index in [1.807, 2.05) is 25.5 Å². The van der Waals surface area contributed by atoms with E-state index in [0.717, 1.165) is 22.5 Å². The number of rotatable bonds is 6. The predicted octanol–water partition coefficient (Wildman–Crippen LogP) is 1.86. The molecule has 0 aliphatic carbocycles. The molecule has 8 nitrogen and oxygen atoms in total. The van der Waals surface area contributed by atoms with Crippen molar-refractivity contribution in [2.45, 2.75) is 52.5 Å². The Bertz CT molecular complexity index is 782. The number of H-pyrrole nitrogens is 1. The van der Waals surface area contributed by atoms with Gasteiger partial charge in [0.1, 0.15) is 0 Å². The third kappa shape index (κ3) is 3.52. The summed E-state index contributed by atoms with van der Waals surface area (Å²) >= 11 is 0. The van der Waals surface area contributed by atoms with Crippen molar-refractivity contribution in [3.63, 3.8) is 0 Å². The summed E-state index contributed by atoms with van der Waals surface area (Å²) in [6.07, 6.45) is 2.41. The van der Waals surface area contributed by atoms with Gasteiger partial charge in [-0.05, 0) is 20.8 Å². The van der Waals surface area contributed by atoms with Gasteiger partial charge in [-0.1, -0.05) is 0 Å². The molecule has 0 saturated carbocycles. The molecule has 0 fully saturated rings. The Hall–Kier alpha value is -2.19. The molecule has 3 heterocycles. The number of hydrogen-bond acceptors (Lipinski definition) is 5. The first kappa shape index (κ1) is 18.6. The van der Waals surface area contributed by atoms with Gasteiger partial charge in [-0.2, -0.15) is 10.2 Å². The van der Waals surface area contributed by atoms with Crippen molar-refractivity contribution in [1.29, 1.82) is 0 Å². The third-order valence-electron chi connectivity index (χ3n) is 4.81. The number of aryl methyl sites for hydroxylation is 1. The first-order chi connectivity index (χ1) is 12.4. The van der Waals surface area contributed by atoms with Gasteiger partial charge >= 0.3 is 0 Å². The van der Waals surface area contributed by atoms with E-state index >= 15 is 0 Å². The van der Waals surface area contributed by atoms with Crippen LogP contribution in [0.25, 0.3) is 0 Å². The average molecular weight is 361 g/mol. The summed E-state index contributed by atoms with van der Waals surface area (Å²) in [4.78, 5) is 14.8. The van der Waals surface area contributed by atoms with E-state index in [4.69, 9.17) is 9.47 Å². The SMILES string of the molecule is COCCn1nc(C(=O)N(C)Cc2cn[nH]c2C)c2c1[C@H](C)O[C@H](C)C2. The van der Waals surface area contributed by atoms with Gasteiger partial charge in [-0.3, -0.25) is 14.6 Å². The molecule has 0 saturated heterocycles. The van der Waals surface area contributed by atoms with Gasteiger partial charge in [0.2, 0.25) is 0 Å². The molecule has 1 amide bonds. The zero-order valence-electron chi connectivity index (χ0n) is 16.1. The molecule has 0 bridgehead atoms. The molecule has 26 heavy (non-hydrogen) atoms. The summed E-state index contributed by atoms with van der Waals surface area (Å²) in [5.74, 6) is -0.0840. The average Bonchev–Trinajstić information content (AvgIpc) is 3.16. The number of carbonyl (C=O) groups is 1. The van der Waals surface area contributed by atoms with E-state index in [0.29, 0.717) is 31.8 Å². The molecule has 2 aromatic rings. The fraction of sp³-hybridized carbons (Fsp3) is 0.611. The molecule has 1 aliphatic rings. The Morgan fingerprint density at radius 2 is 2.27 bits per heavy atom. The summed E-state index contributed by atoms with van der Waals surface area (Å²) in [5, 5.41) is 11.6. The summed E-state index contributed by atoms with van der Waals surface area (Å²) in [7, 11) is 3.45. The standard InChI is InChI=1S/C18H27N5O3/c1-11-8-15-16(18(24)22(4)10-14-9-19-20-12(14)2)21-23(6-7-25-5)17(15)13(3)26-11/h9,11,13H,6-8,10H2,1-5H3,(H,19,20)/t11-,13+/m1/s1. The van der Waals surface area contributed by atoms with Gasteiger partial charge in [-0.15, -0.1) is 0 Å². The number of aromatic amines is 1. The quantitative estimate of drug-likeness (QED) is 0.849. The first-order valence-corrected chi connectivity index (χ1v) is 8.90. The molecule has 142 valence electrons. The molecule has 2 aromatic heterocycles. The molecule has 0 aromatic carbocycles. The second-order valence-electron chi connectivity index (χ2n) is 6.90. The number of fused-ring (bicyclic) bond motifs is 1. The fourth-order valence-corrected chi connectivity index (χ4v) is 3.48. The monoisotopic (exact) mass is 361 g/mol. The lowest BCUT2D eigenvalue weighted by Gasteiger charge is -2.27. The van der Waals surface area contributed by atoms with Gasteiger partial charge in [-0.25, -0.2) is 0 Å². The number of nitrogens with one attached hydrogen (secondary N) is 1. The number of aromatic nitrogens is 4. The van der Waals surface area contributed by atoms with Crippen LogP contribution in [0.1, 0.15) is 53.0 Å². The molecule has 0 radical (unpaired) electrons. The maximum absolute atomic E-state index is 13.1. The summed E-state index contributed by atoms with van der Waals surface area (Å²) in [6.45, 7) is 7.60. The van der Waals surface area contributed by atoms with Gasteiger partial charge < -0.3 is 14.4 Å². The first-order valence-electron chi connectivity index (χ1n) is 8.90. The molecular formula is C18H27N5O3. The second kappa shape index (κ2) is 7.59. The van der Waals surface area contributed by atoms with Gasteiger partial charge in [0, 0.05) is 43.9 Å². The minimum Gasteiger partial charge on any atom is -0.383 e. The van der Waals surface area contributed by atoms with Crippen LogP contribution in [-0.2, 0) is 29.0 Å². The second-order valence-corrected chi connectivity index (χ2v) is 6.90. The number of carbonyl (C=O) groups excluding carboxylic acids is 1. The topological polar surface area (TPSA) is 85.3 Å². The maximum Gasteiger partial charge on any atom is 0.274 e. The van der Waals surface area contributed by atoms with Crippen LogP contribution >= 0.6 is 0 Å². The highest BCUT2D eigenvalue weighted by atomic mass is 16.5. The van der Waals surface area contributed by atoms with E-state index in [1.165, 1.54) is 0 Å². The van der Waals surface area contributed by atoms with Crippen LogP contribution < -0.4 is 0 Å². The minimum absolute atomic E-state index is 0.0607. The van der Waals surface area contributed by atoms with Gasteiger partial charge in [0.25, 0.3) is 5.91 Å². The number of ether oxygens (including phenoxy) is 2. The van der Waals surface area contributed by atoms with Crippen molar-refractivity contribution in [1.82, 2.24) is 24.9 Å². The summed E-state index contributed by atoms with van der Waals surface area (Å²) < 4.78 is 13.0. The third-order valence-corrected chi connectivity index (χ3v) is 4.81. The van der Waals surface area contributed by atoms with E-state index in [9.17, 15) is 4.79 Å². The number of nitrogens with zero attached hydrogens (tertiary/aromatic N) is 4. The minimum atomic E-state index is -0.0962. The van der Waals surface area contributed by atoms with Crippen molar-refractivity contribution in [2.75, 3.05) is 20.8 Å². The van der Waals surface area contributed by atoms with E-state index in [-0.39, 0.29) is 18.1 Å². The summed E-state index contributed by atoms with van der Waals surface area (Å²) in [6, 6.07) is 0. The lowest BCUT2D eigenvalue weighted by Crippen LogP contribution is -2.29. The van der Waals surface area contributed by atoms with E-state index < -0.39 is 0 Å². The van der Waals surface area contributed by atoms with Crippen molar-refractivity contribution >= 4 is 5.91 Å². The van der Waals surface area contributed by atoms with Crippen molar-refractivity contribution < 1.29 is 14.3 Å². The zero-order valence-corrected chi connectivity index (χ0v) is 16.1. The summed E-state index contributed by atoms with van der Waals surface area (Å²) in [5.41, 5.74) is 4.46. The number of methoxy groups -OCH3 is 1. The van der Waals surface area contributed by atoms with Gasteiger partial charge in [0.05, 0.1) is 37.3 Å². The van der Waals surface area contributed by atoms with E-state index in [2.05, 4.69) is 15.3 Å². The molecule has 2 atom stereocenters. The lowest BCUT2D eigenvalue weighted by atomic mass is 9.99. The molecular weight excluding hydrogens is 334 g/mol. The molecule has 8 heteroatoms. The lowest BCUT2D eigenvalue weighted by molar-refractivity contribution is -0.0102. The van der Waals surface area contributed by atoms with E-state index in [1.54, 1.807) is 25.3 Å². The van der Waals surface area contributed by atoms with Crippen LogP contribution in [0.2, 0.25) is 0 Å². The smallest absolute Gasteiger partial charge is 0.274 e. The maximum atomic E-state index is 13.1. The molecule has 3 rings (SSSR count). The molecule has 1 aliphatic heterocycles. The van der Waals surface area contributed by atoms with Crippen LogP contribution in [0.5, 0.6) is 0 Å². The fourth-order valence-electron chi connectivity index (χ4n) is 3.48. The zero-order chi connectivity index (χ0) is 18.8. The van der Waals surface area contributed by atoms with Crippen molar-refractivity contribution in [3.8, 4) is 0 Å². The van der Waals surface area contributed by atoms with Crippen LogP contribution in [-0.4, -0.2) is 57.7 Å². The Labute approximate surface area is 153 Å². The highest BCUT2D eigenvalue weighted by Gasteiger charge is 2.33. The Morgan fingerprint density at radius 3 is 2.92 bits per heavy atom. The predicted molar refractivity (Wildman–Crippen MR) is 95.9 cm³/mol. The largest absolute Gasteiger partial charge is 0.383 e. The highest BCUT2D eigenvalue weighted by molar-refractivity contribution is 5.94.